The highest BCUT2D eigenvalue weighted by molar-refractivity contribution is 6.31. The molecule has 6 heteroatoms. The molecule has 31 heavy (non-hydrogen) atoms. The maximum Gasteiger partial charge on any atom is 0.264 e. The Morgan fingerprint density at radius 1 is 1.06 bits per heavy atom. The molecule has 0 aromatic heterocycles. The maximum atomic E-state index is 13.4. The summed E-state index contributed by atoms with van der Waals surface area (Å²) in [6.45, 7) is 2.69. The van der Waals surface area contributed by atoms with Gasteiger partial charge in [0.05, 0.1) is 25.3 Å². The van der Waals surface area contributed by atoms with Gasteiger partial charge in [0.15, 0.2) is 11.4 Å². The Morgan fingerprint density at radius 2 is 1.77 bits per heavy atom. The lowest BCUT2D eigenvalue weighted by atomic mass is 9.88. The number of ether oxygens (including phenoxy) is 1. The molecule has 0 unspecified atom stereocenters. The molecule has 158 valence electrons. The molecule has 0 saturated heterocycles. The van der Waals surface area contributed by atoms with Crippen molar-refractivity contribution in [1.29, 1.82) is 0 Å². The molecule has 0 spiro atoms. The number of carbonyl (C=O) groups is 2. The molecule has 0 fully saturated rings. The number of anilines is 1. The monoisotopic (exact) mass is 435 g/mol. The molecule has 1 heterocycles. The number of rotatable bonds is 7. The van der Waals surface area contributed by atoms with Gasteiger partial charge in [0.25, 0.3) is 5.91 Å². The minimum absolute atomic E-state index is 0.286. The zero-order valence-corrected chi connectivity index (χ0v) is 17.8. The summed E-state index contributed by atoms with van der Waals surface area (Å²) in [5.74, 6) is -0.222. The van der Waals surface area contributed by atoms with Crippen molar-refractivity contribution in [3.63, 3.8) is 0 Å². The Balaban J connectivity index is 1.65. The molecule has 0 bridgehead atoms. The lowest BCUT2D eigenvalue weighted by Gasteiger charge is -2.23. The van der Waals surface area contributed by atoms with Crippen LogP contribution in [-0.4, -0.2) is 23.4 Å². The number of hydrogen-bond acceptors (Lipinski definition) is 4. The van der Waals surface area contributed by atoms with Crippen molar-refractivity contribution in [1.82, 2.24) is 0 Å². The second kappa shape index (κ2) is 8.53. The summed E-state index contributed by atoms with van der Waals surface area (Å²) in [5.41, 5.74) is 0.235. The first kappa shape index (κ1) is 21.1. The van der Waals surface area contributed by atoms with Crippen LogP contribution in [0.4, 0.5) is 5.69 Å². The van der Waals surface area contributed by atoms with E-state index in [1.807, 2.05) is 37.3 Å². The summed E-state index contributed by atoms with van der Waals surface area (Å²) < 4.78 is 5.41. The van der Waals surface area contributed by atoms with Gasteiger partial charge in [0, 0.05) is 16.1 Å². The quantitative estimate of drug-likeness (QED) is 0.544. The molecular formula is C25H22ClNO4. The molecule has 1 N–H and O–H groups in total. The van der Waals surface area contributed by atoms with Gasteiger partial charge in [-0.2, -0.15) is 0 Å². The minimum atomic E-state index is -1.98. The summed E-state index contributed by atoms with van der Waals surface area (Å²) in [6.07, 6.45) is -0.377. The smallest absolute Gasteiger partial charge is 0.264 e. The minimum Gasteiger partial charge on any atom is -0.494 e. The van der Waals surface area contributed by atoms with Gasteiger partial charge in [-0.25, -0.2) is 0 Å². The second-order valence-corrected chi connectivity index (χ2v) is 7.89. The van der Waals surface area contributed by atoms with Crippen LogP contribution in [0.2, 0.25) is 5.02 Å². The Bertz CT molecular complexity index is 1110. The van der Waals surface area contributed by atoms with E-state index in [4.69, 9.17) is 16.3 Å². The summed E-state index contributed by atoms with van der Waals surface area (Å²) >= 11 is 6.17. The fourth-order valence-electron chi connectivity index (χ4n) is 3.85. The van der Waals surface area contributed by atoms with Gasteiger partial charge < -0.3 is 14.7 Å². The van der Waals surface area contributed by atoms with Gasteiger partial charge in [-0.15, -0.1) is 0 Å². The van der Waals surface area contributed by atoms with Gasteiger partial charge in [0.2, 0.25) is 0 Å². The maximum absolute atomic E-state index is 13.4. The van der Waals surface area contributed by atoms with Gasteiger partial charge in [0.1, 0.15) is 5.75 Å². The molecular weight excluding hydrogens is 414 g/mol. The van der Waals surface area contributed by atoms with E-state index >= 15 is 0 Å². The molecule has 0 aliphatic carbocycles. The molecule has 0 saturated carbocycles. The SMILES string of the molecule is CCOc1ccc(C(=O)C[C@]2(O)C(=O)N(Cc3ccccc3)c3ccc(Cl)cc32)cc1. The Labute approximate surface area is 185 Å². The lowest BCUT2D eigenvalue weighted by molar-refractivity contribution is -0.136. The van der Waals surface area contributed by atoms with Crippen LogP contribution in [0, 0.1) is 0 Å². The highest BCUT2D eigenvalue weighted by atomic mass is 35.5. The van der Waals surface area contributed by atoms with Crippen molar-refractivity contribution < 1.29 is 19.4 Å². The molecule has 3 aromatic carbocycles. The van der Waals surface area contributed by atoms with Crippen LogP contribution in [0.5, 0.6) is 5.75 Å². The number of halogens is 1. The average Bonchev–Trinajstić information content (AvgIpc) is 2.96. The van der Waals surface area contributed by atoms with E-state index in [-0.39, 0.29) is 18.7 Å². The van der Waals surface area contributed by atoms with Crippen molar-refractivity contribution in [2.24, 2.45) is 0 Å². The van der Waals surface area contributed by atoms with Crippen molar-refractivity contribution >= 4 is 29.0 Å². The highest BCUT2D eigenvalue weighted by Crippen LogP contribution is 2.44. The number of ketones is 1. The molecule has 1 aliphatic heterocycles. The number of Topliss-reactive ketones (excluding diaryl/α,β-unsaturated/α-hetero) is 1. The first-order valence-electron chi connectivity index (χ1n) is 10.1. The number of aliphatic hydroxyl groups is 1. The zero-order chi connectivity index (χ0) is 22.0. The van der Waals surface area contributed by atoms with Crippen LogP contribution in [-0.2, 0) is 16.9 Å². The summed E-state index contributed by atoms with van der Waals surface area (Å²) in [6, 6.07) is 21.1. The molecule has 1 amide bonds. The molecule has 0 radical (unpaired) electrons. The van der Waals surface area contributed by atoms with Crippen LogP contribution in [0.3, 0.4) is 0 Å². The van der Waals surface area contributed by atoms with Crippen molar-refractivity contribution in [2.75, 3.05) is 11.5 Å². The van der Waals surface area contributed by atoms with Crippen molar-refractivity contribution in [3.05, 3.63) is 94.5 Å². The van der Waals surface area contributed by atoms with E-state index in [1.54, 1.807) is 42.5 Å². The van der Waals surface area contributed by atoms with Gasteiger partial charge in [-0.1, -0.05) is 41.9 Å². The lowest BCUT2D eigenvalue weighted by Crippen LogP contribution is -2.41. The van der Waals surface area contributed by atoms with E-state index < -0.39 is 11.5 Å². The second-order valence-electron chi connectivity index (χ2n) is 7.46. The fourth-order valence-corrected chi connectivity index (χ4v) is 4.03. The third-order valence-corrected chi connectivity index (χ3v) is 5.62. The standard InChI is InChI=1S/C25H22ClNO4/c1-2-31-20-11-8-18(9-12-20)23(28)15-25(30)21-14-19(26)10-13-22(21)27(24(25)29)16-17-6-4-3-5-7-17/h3-14,30H,2,15-16H2,1H3/t25-/m1/s1. The molecule has 4 rings (SSSR count). The van der Waals surface area contributed by atoms with Gasteiger partial charge in [-0.05, 0) is 55.0 Å². The van der Waals surface area contributed by atoms with Crippen molar-refractivity contribution in [3.8, 4) is 5.75 Å². The normalized spacial score (nSPS) is 17.5. The van der Waals surface area contributed by atoms with Gasteiger partial charge >= 0.3 is 0 Å². The summed E-state index contributed by atoms with van der Waals surface area (Å²) in [5, 5.41) is 11.8. The third kappa shape index (κ3) is 4.07. The first-order valence-corrected chi connectivity index (χ1v) is 10.4. The Hall–Kier alpha value is -3.15. The topological polar surface area (TPSA) is 66.8 Å². The Morgan fingerprint density at radius 3 is 2.45 bits per heavy atom. The number of nitrogens with zero attached hydrogens (tertiary/aromatic N) is 1. The largest absolute Gasteiger partial charge is 0.494 e. The summed E-state index contributed by atoms with van der Waals surface area (Å²) in [4.78, 5) is 27.8. The van der Waals surface area contributed by atoms with Crippen molar-refractivity contribution in [2.45, 2.75) is 25.5 Å². The Kier molecular flexibility index (Phi) is 5.81. The number of carbonyl (C=O) groups excluding carboxylic acids is 2. The zero-order valence-electron chi connectivity index (χ0n) is 17.0. The van der Waals surface area contributed by atoms with E-state index in [1.165, 1.54) is 4.90 Å². The van der Waals surface area contributed by atoms with Crippen LogP contribution in [0.25, 0.3) is 0 Å². The number of hydrogen-bond donors (Lipinski definition) is 1. The van der Waals surface area contributed by atoms with Gasteiger partial charge in [-0.3, -0.25) is 9.59 Å². The summed E-state index contributed by atoms with van der Waals surface area (Å²) in [7, 11) is 0. The predicted octanol–water partition coefficient (Wildman–Crippen LogP) is 4.75. The number of amides is 1. The first-order chi connectivity index (χ1) is 14.9. The molecule has 1 aliphatic rings. The molecule has 5 nitrogen and oxygen atoms in total. The molecule has 3 aromatic rings. The van der Waals surface area contributed by atoms with Crippen LogP contribution in [0.1, 0.15) is 34.8 Å². The van der Waals surface area contributed by atoms with E-state index in [0.717, 1.165) is 5.56 Å². The highest BCUT2D eigenvalue weighted by Gasteiger charge is 2.51. The van der Waals surface area contributed by atoms with E-state index in [0.29, 0.717) is 34.2 Å². The van der Waals surface area contributed by atoms with Crippen LogP contribution < -0.4 is 9.64 Å². The third-order valence-electron chi connectivity index (χ3n) is 5.38. The van der Waals surface area contributed by atoms with Crippen LogP contribution in [0.15, 0.2) is 72.8 Å². The average molecular weight is 436 g/mol. The van der Waals surface area contributed by atoms with E-state index in [2.05, 4.69) is 0 Å². The number of fused-ring (bicyclic) bond motifs is 1. The predicted molar refractivity (Wildman–Crippen MR) is 120 cm³/mol. The van der Waals surface area contributed by atoms with E-state index in [9.17, 15) is 14.7 Å². The van der Waals surface area contributed by atoms with Crippen LogP contribution >= 0.6 is 11.6 Å². The molecule has 1 atom stereocenters. The fraction of sp³-hybridized carbons (Fsp3) is 0.200. The number of benzene rings is 3.